The van der Waals surface area contributed by atoms with E-state index in [9.17, 15) is 9.18 Å². The highest BCUT2D eigenvalue weighted by atomic mass is 32.2. The maximum atomic E-state index is 12.7. The van der Waals surface area contributed by atoms with Gasteiger partial charge >= 0.3 is 0 Å². The Morgan fingerprint density at radius 2 is 2.40 bits per heavy atom. The van der Waals surface area contributed by atoms with Crippen molar-refractivity contribution in [2.24, 2.45) is 4.99 Å². The Balaban J connectivity index is 2.68. The van der Waals surface area contributed by atoms with Gasteiger partial charge in [0.1, 0.15) is 11.7 Å². The largest absolute Gasteiger partial charge is 0.245 e. The summed E-state index contributed by atoms with van der Waals surface area (Å²) in [5.74, 6) is 1.22. The summed E-state index contributed by atoms with van der Waals surface area (Å²) in [5, 5.41) is 0. The minimum Gasteiger partial charge on any atom is -0.245 e. The van der Waals surface area contributed by atoms with Crippen molar-refractivity contribution >= 4 is 17.8 Å². The first kappa shape index (κ1) is 7.76. The van der Waals surface area contributed by atoms with Crippen LogP contribution in [0.5, 0.6) is 0 Å². The van der Waals surface area contributed by atoms with Crippen molar-refractivity contribution < 1.29 is 9.18 Å². The number of hydrogen-bond donors (Lipinski definition) is 0. The lowest BCUT2D eigenvalue weighted by Gasteiger charge is -2.36. The first-order valence-corrected chi connectivity index (χ1v) is 4.17. The van der Waals surface area contributed by atoms with Crippen LogP contribution in [0.25, 0.3) is 0 Å². The third-order valence-corrected chi connectivity index (χ3v) is 3.12. The fraction of sp³-hybridized carbons (Fsp3) is 0.833. The van der Waals surface area contributed by atoms with E-state index in [1.807, 2.05) is 0 Å². The molecule has 0 aromatic rings. The van der Waals surface area contributed by atoms with Crippen molar-refractivity contribution in [2.75, 3.05) is 11.5 Å². The van der Waals surface area contributed by atoms with Crippen LogP contribution in [0.3, 0.4) is 0 Å². The highest BCUT2D eigenvalue weighted by molar-refractivity contribution is 8.00. The summed E-state index contributed by atoms with van der Waals surface area (Å²) in [7, 11) is 0. The molecule has 1 rings (SSSR count). The van der Waals surface area contributed by atoms with Gasteiger partial charge in [0.15, 0.2) is 0 Å². The Morgan fingerprint density at radius 1 is 1.80 bits per heavy atom. The highest BCUT2D eigenvalue weighted by Gasteiger charge is 2.43. The van der Waals surface area contributed by atoms with Crippen molar-refractivity contribution in [1.29, 1.82) is 0 Å². The number of isocyanates is 1. The first-order valence-electron chi connectivity index (χ1n) is 3.02. The standard InChI is InChI=1S/C6H8FNOS/c1-5(7)6(8-4-9)2-10-3-6/h5H,2-3H2,1H3. The maximum absolute atomic E-state index is 12.7. The minimum absolute atomic E-state index is 0.611. The Bertz CT molecular complexity index is 173. The fourth-order valence-corrected chi connectivity index (χ4v) is 2.00. The number of halogens is 1. The summed E-state index contributed by atoms with van der Waals surface area (Å²) in [6, 6.07) is 0. The number of alkyl halides is 1. The third kappa shape index (κ3) is 1.09. The fourth-order valence-electron chi connectivity index (χ4n) is 0.785. The lowest BCUT2D eigenvalue weighted by molar-refractivity contribution is 0.240. The van der Waals surface area contributed by atoms with Gasteiger partial charge < -0.3 is 0 Å². The quantitative estimate of drug-likeness (QED) is 0.449. The molecule has 1 atom stereocenters. The second-order valence-corrected chi connectivity index (χ2v) is 3.40. The zero-order valence-electron chi connectivity index (χ0n) is 5.63. The molecule has 56 valence electrons. The van der Waals surface area contributed by atoms with E-state index in [0.717, 1.165) is 0 Å². The van der Waals surface area contributed by atoms with E-state index in [1.54, 1.807) is 11.8 Å². The van der Waals surface area contributed by atoms with Gasteiger partial charge in [-0.2, -0.15) is 16.8 Å². The van der Waals surface area contributed by atoms with Crippen LogP contribution in [-0.4, -0.2) is 29.3 Å². The molecule has 0 bridgehead atoms. The van der Waals surface area contributed by atoms with E-state index in [4.69, 9.17) is 0 Å². The number of thioether (sulfide) groups is 1. The number of nitrogens with zero attached hydrogens (tertiary/aromatic N) is 1. The molecule has 2 nitrogen and oxygen atoms in total. The summed E-state index contributed by atoms with van der Waals surface area (Å²) in [6.07, 6.45) is 0.381. The van der Waals surface area contributed by atoms with Crippen LogP contribution in [0, 0.1) is 0 Å². The predicted molar refractivity (Wildman–Crippen MR) is 38.7 cm³/mol. The molecule has 10 heavy (non-hydrogen) atoms. The van der Waals surface area contributed by atoms with Gasteiger partial charge in [0.05, 0.1) is 0 Å². The zero-order chi connectivity index (χ0) is 7.61. The molecule has 1 unspecified atom stereocenters. The van der Waals surface area contributed by atoms with Gasteiger partial charge in [0.25, 0.3) is 0 Å². The van der Waals surface area contributed by atoms with Crippen molar-refractivity contribution in [3.8, 4) is 0 Å². The highest BCUT2D eigenvalue weighted by Crippen LogP contribution is 2.36. The zero-order valence-corrected chi connectivity index (χ0v) is 6.45. The maximum Gasteiger partial charge on any atom is 0.235 e. The summed E-state index contributed by atoms with van der Waals surface area (Å²) in [5.41, 5.74) is -0.730. The molecule has 0 radical (unpaired) electrons. The summed E-state index contributed by atoms with van der Waals surface area (Å²) >= 11 is 1.60. The SMILES string of the molecule is CC(F)C1(N=C=O)CSC1. The molecule has 0 aromatic carbocycles. The van der Waals surface area contributed by atoms with Gasteiger partial charge in [-0.1, -0.05) is 0 Å². The molecule has 0 aliphatic carbocycles. The molecule has 0 N–H and O–H groups in total. The topological polar surface area (TPSA) is 29.4 Å². The molecular weight excluding hydrogens is 153 g/mol. The van der Waals surface area contributed by atoms with E-state index >= 15 is 0 Å². The van der Waals surface area contributed by atoms with Crippen molar-refractivity contribution in [2.45, 2.75) is 18.6 Å². The van der Waals surface area contributed by atoms with Gasteiger partial charge in [0, 0.05) is 11.5 Å². The first-order chi connectivity index (χ1) is 4.71. The van der Waals surface area contributed by atoms with Crippen LogP contribution >= 0.6 is 11.8 Å². The van der Waals surface area contributed by atoms with E-state index in [1.165, 1.54) is 13.0 Å². The summed E-state index contributed by atoms with van der Waals surface area (Å²) < 4.78 is 12.7. The third-order valence-electron chi connectivity index (χ3n) is 1.71. The van der Waals surface area contributed by atoms with Crippen LogP contribution in [-0.2, 0) is 4.79 Å². The average molecular weight is 161 g/mol. The van der Waals surface area contributed by atoms with Gasteiger partial charge in [-0.3, -0.25) is 0 Å². The number of aliphatic imine (C=N–C) groups is 1. The van der Waals surface area contributed by atoms with E-state index in [2.05, 4.69) is 4.99 Å². The van der Waals surface area contributed by atoms with Crippen LogP contribution in [0.4, 0.5) is 4.39 Å². The molecule has 1 fully saturated rings. The molecule has 1 saturated heterocycles. The molecule has 1 aliphatic rings. The van der Waals surface area contributed by atoms with E-state index in [0.29, 0.717) is 11.5 Å². The summed E-state index contributed by atoms with van der Waals surface area (Å²) in [4.78, 5) is 13.3. The van der Waals surface area contributed by atoms with Gasteiger partial charge in [0.2, 0.25) is 6.08 Å². The van der Waals surface area contributed by atoms with Crippen molar-refractivity contribution in [3.05, 3.63) is 0 Å². The lowest BCUT2D eigenvalue weighted by Crippen LogP contribution is -2.48. The Hall–Kier alpha value is -0.340. The number of rotatable bonds is 2. The molecule has 0 amide bonds. The number of carbonyl (C=O) groups excluding carboxylic acids is 1. The predicted octanol–water partition coefficient (Wildman–Crippen LogP) is 1.17. The smallest absolute Gasteiger partial charge is 0.235 e. The molecule has 0 saturated carbocycles. The van der Waals surface area contributed by atoms with Gasteiger partial charge in [-0.25, -0.2) is 9.18 Å². The Morgan fingerprint density at radius 3 is 2.50 bits per heavy atom. The van der Waals surface area contributed by atoms with Gasteiger partial charge in [-0.15, -0.1) is 0 Å². The molecule has 1 heterocycles. The molecule has 0 aromatic heterocycles. The molecule has 1 aliphatic heterocycles. The van der Waals surface area contributed by atoms with Crippen molar-refractivity contribution in [1.82, 2.24) is 0 Å². The Kier molecular flexibility index (Phi) is 2.11. The van der Waals surface area contributed by atoms with Crippen LogP contribution < -0.4 is 0 Å². The second-order valence-electron chi connectivity index (χ2n) is 2.42. The molecule has 0 spiro atoms. The van der Waals surface area contributed by atoms with Gasteiger partial charge in [-0.05, 0) is 6.92 Å². The van der Waals surface area contributed by atoms with E-state index in [-0.39, 0.29) is 0 Å². The molecule has 4 heteroatoms. The molecular formula is C6H8FNOS. The van der Waals surface area contributed by atoms with Crippen LogP contribution in [0.1, 0.15) is 6.92 Å². The van der Waals surface area contributed by atoms with Crippen LogP contribution in [0.2, 0.25) is 0 Å². The Labute approximate surface area is 62.9 Å². The summed E-state index contributed by atoms with van der Waals surface area (Å²) in [6.45, 7) is 1.43. The number of hydrogen-bond acceptors (Lipinski definition) is 3. The second kappa shape index (κ2) is 2.72. The van der Waals surface area contributed by atoms with Crippen molar-refractivity contribution in [3.63, 3.8) is 0 Å². The van der Waals surface area contributed by atoms with Crippen LogP contribution in [0.15, 0.2) is 4.99 Å². The lowest BCUT2D eigenvalue weighted by atomic mass is 10.00. The average Bonchev–Trinajstić information content (AvgIpc) is 1.77. The van der Waals surface area contributed by atoms with E-state index < -0.39 is 11.7 Å². The minimum atomic E-state index is -1.03. The normalized spacial score (nSPS) is 24.2. The monoisotopic (exact) mass is 161 g/mol.